The van der Waals surface area contributed by atoms with Crippen LogP contribution in [-0.2, 0) is 0 Å². The summed E-state index contributed by atoms with van der Waals surface area (Å²) in [6, 6.07) is 0. The molecule has 0 aromatic rings. The van der Waals surface area contributed by atoms with Crippen LogP contribution in [0.15, 0.2) is 12.2 Å². The molecular formula is C24H48. The number of hydrogen-bond donors (Lipinski definition) is 0. The van der Waals surface area contributed by atoms with E-state index in [0.29, 0.717) is 0 Å². The Balaban J connectivity index is 3.63. The highest BCUT2D eigenvalue weighted by molar-refractivity contribution is 4.81. The first kappa shape index (κ1) is 23.7. The van der Waals surface area contributed by atoms with Gasteiger partial charge in [-0.3, -0.25) is 0 Å². The molecule has 0 rings (SSSR count). The van der Waals surface area contributed by atoms with Crippen molar-refractivity contribution < 1.29 is 0 Å². The molecule has 0 saturated carbocycles. The number of hydrogen-bond acceptors (Lipinski definition) is 0. The molecule has 0 aromatic carbocycles. The minimum absolute atomic E-state index is 1.02. The Kier molecular flexibility index (Phi) is 20.6. The molecule has 0 N–H and O–H groups in total. The van der Waals surface area contributed by atoms with E-state index in [4.69, 9.17) is 0 Å². The Hall–Kier alpha value is -0.260. The van der Waals surface area contributed by atoms with E-state index in [2.05, 4.69) is 32.9 Å². The van der Waals surface area contributed by atoms with Crippen LogP contribution in [0.2, 0.25) is 0 Å². The van der Waals surface area contributed by atoms with Gasteiger partial charge in [-0.05, 0) is 25.2 Å². The van der Waals surface area contributed by atoms with Crippen LogP contribution >= 0.6 is 0 Å². The van der Waals surface area contributed by atoms with Gasteiger partial charge in [0.1, 0.15) is 0 Å². The van der Waals surface area contributed by atoms with Crippen molar-refractivity contribution in [2.75, 3.05) is 0 Å². The second kappa shape index (κ2) is 20.8. The van der Waals surface area contributed by atoms with E-state index in [1.165, 1.54) is 116 Å². The smallest absolute Gasteiger partial charge is 0.0351 e. The molecule has 1 atom stereocenters. The average Bonchev–Trinajstić information content (AvgIpc) is 2.60. The van der Waals surface area contributed by atoms with Gasteiger partial charge in [-0.25, -0.2) is 0 Å². The zero-order valence-electron chi connectivity index (χ0n) is 17.5. The fourth-order valence-corrected chi connectivity index (χ4v) is 3.57. The Morgan fingerprint density at radius 2 is 0.917 bits per heavy atom. The van der Waals surface area contributed by atoms with Crippen LogP contribution in [0.5, 0.6) is 0 Å². The van der Waals surface area contributed by atoms with Gasteiger partial charge in [-0.15, -0.1) is 0 Å². The van der Waals surface area contributed by atoms with Crippen molar-refractivity contribution in [3.05, 3.63) is 12.2 Å². The fraction of sp³-hybridized carbons (Fsp3) is 0.917. The minimum Gasteiger partial charge on any atom is -0.0885 e. The molecule has 0 aliphatic heterocycles. The van der Waals surface area contributed by atoms with Gasteiger partial charge < -0.3 is 0 Å². The lowest BCUT2D eigenvalue weighted by Crippen LogP contribution is -2.01. The summed E-state index contributed by atoms with van der Waals surface area (Å²) in [7, 11) is 0. The summed E-state index contributed by atoms with van der Waals surface area (Å²) in [4.78, 5) is 0. The summed E-state index contributed by atoms with van der Waals surface area (Å²) in [5, 5.41) is 0. The highest BCUT2D eigenvalue weighted by atomic mass is 14.1. The van der Waals surface area contributed by atoms with Crippen LogP contribution in [-0.4, -0.2) is 0 Å². The van der Waals surface area contributed by atoms with E-state index in [0.717, 1.165) is 5.92 Å². The van der Waals surface area contributed by atoms with Crippen LogP contribution in [0.3, 0.4) is 0 Å². The number of allylic oxidation sites excluding steroid dienone is 2. The fourth-order valence-electron chi connectivity index (χ4n) is 3.57. The monoisotopic (exact) mass is 336 g/mol. The van der Waals surface area contributed by atoms with Crippen molar-refractivity contribution in [1.82, 2.24) is 0 Å². The first-order chi connectivity index (χ1) is 11.8. The van der Waals surface area contributed by atoms with Gasteiger partial charge in [0.15, 0.2) is 0 Å². The van der Waals surface area contributed by atoms with Crippen LogP contribution in [0, 0.1) is 5.92 Å². The largest absolute Gasteiger partial charge is 0.0885 e. The Labute approximate surface area is 154 Å². The third-order valence-electron chi connectivity index (χ3n) is 5.31. The van der Waals surface area contributed by atoms with E-state index >= 15 is 0 Å². The second-order valence-corrected chi connectivity index (χ2v) is 7.82. The summed E-state index contributed by atoms with van der Waals surface area (Å²) in [6.07, 6.45) is 30.4. The quantitative estimate of drug-likeness (QED) is 0.163. The zero-order chi connectivity index (χ0) is 17.7. The maximum Gasteiger partial charge on any atom is -0.0351 e. The van der Waals surface area contributed by atoms with Crippen molar-refractivity contribution in [3.8, 4) is 0 Å². The van der Waals surface area contributed by atoms with Crippen LogP contribution in [0.1, 0.15) is 136 Å². The molecule has 144 valence electrons. The molecular weight excluding hydrogens is 288 g/mol. The first-order valence-corrected chi connectivity index (χ1v) is 11.5. The molecule has 0 fully saturated rings. The van der Waals surface area contributed by atoms with Gasteiger partial charge >= 0.3 is 0 Å². The molecule has 0 nitrogen and oxygen atoms in total. The van der Waals surface area contributed by atoms with Crippen molar-refractivity contribution in [3.63, 3.8) is 0 Å². The van der Waals surface area contributed by atoms with Crippen molar-refractivity contribution >= 4 is 0 Å². The number of unbranched alkanes of at least 4 members (excludes halogenated alkanes) is 11. The molecule has 0 bridgehead atoms. The van der Waals surface area contributed by atoms with Gasteiger partial charge in [-0.2, -0.15) is 0 Å². The van der Waals surface area contributed by atoms with Crippen molar-refractivity contribution in [1.29, 1.82) is 0 Å². The van der Waals surface area contributed by atoms with Crippen molar-refractivity contribution in [2.24, 2.45) is 5.92 Å². The molecule has 0 aromatic heterocycles. The van der Waals surface area contributed by atoms with Crippen LogP contribution in [0.4, 0.5) is 0 Å². The third-order valence-corrected chi connectivity index (χ3v) is 5.31. The maximum atomic E-state index is 2.42. The van der Waals surface area contributed by atoms with Gasteiger partial charge in [0.2, 0.25) is 0 Å². The molecule has 0 heterocycles. The summed E-state index contributed by atoms with van der Waals surface area (Å²) in [6.45, 7) is 6.92. The van der Waals surface area contributed by atoms with E-state index < -0.39 is 0 Å². The predicted molar refractivity (Wildman–Crippen MR) is 113 cm³/mol. The normalized spacial score (nSPS) is 13.0. The van der Waals surface area contributed by atoms with Gasteiger partial charge in [0.05, 0.1) is 0 Å². The molecule has 0 aliphatic carbocycles. The average molecular weight is 337 g/mol. The molecule has 0 aliphatic rings. The summed E-state index contributed by atoms with van der Waals surface area (Å²) in [5.74, 6) is 1.02. The van der Waals surface area contributed by atoms with Crippen molar-refractivity contribution in [2.45, 2.75) is 136 Å². The van der Waals surface area contributed by atoms with E-state index in [1.807, 2.05) is 0 Å². The summed E-state index contributed by atoms with van der Waals surface area (Å²) < 4.78 is 0. The molecule has 24 heavy (non-hydrogen) atoms. The van der Waals surface area contributed by atoms with E-state index in [9.17, 15) is 0 Å². The molecule has 0 radical (unpaired) electrons. The Morgan fingerprint density at radius 3 is 1.54 bits per heavy atom. The molecule has 0 spiro atoms. The standard InChI is InChI=1S/C24H48/c1-4-7-10-12-14-16-18-20-23-24(21-9-6-3)22-19-17-15-13-11-8-5-2/h12,14,24H,4-11,13,15-23H2,1-3H3/b14-12+. The predicted octanol–water partition coefficient (Wildman–Crippen LogP) is 9.24. The molecule has 1 unspecified atom stereocenters. The molecule has 0 amide bonds. The van der Waals surface area contributed by atoms with Gasteiger partial charge in [0, 0.05) is 0 Å². The zero-order valence-corrected chi connectivity index (χ0v) is 17.5. The SMILES string of the molecule is CCCC/C=C/CCCCC(CCCC)CCCCCCCCC. The van der Waals surface area contributed by atoms with Gasteiger partial charge in [-0.1, -0.05) is 129 Å². The highest BCUT2D eigenvalue weighted by Gasteiger charge is 2.07. The summed E-state index contributed by atoms with van der Waals surface area (Å²) in [5.41, 5.74) is 0. The molecule has 0 saturated heterocycles. The maximum absolute atomic E-state index is 2.42. The first-order valence-electron chi connectivity index (χ1n) is 11.5. The Bertz CT molecular complexity index is 240. The number of rotatable bonds is 19. The lowest BCUT2D eigenvalue weighted by atomic mass is 9.90. The lowest BCUT2D eigenvalue weighted by molar-refractivity contribution is 0.374. The van der Waals surface area contributed by atoms with Crippen LogP contribution in [0.25, 0.3) is 0 Å². The highest BCUT2D eigenvalue weighted by Crippen LogP contribution is 2.23. The van der Waals surface area contributed by atoms with Gasteiger partial charge in [0.25, 0.3) is 0 Å². The van der Waals surface area contributed by atoms with E-state index in [1.54, 1.807) is 0 Å². The molecule has 0 heteroatoms. The third kappa shape index (κ3) is 18.1. The lowest BCUT2D eigenvalue weighted by Gasteiger charge is -2.16. The second-order valence-electron chi connectivity index (χ2n) is 7.82. The Morgan fingerprint density at radius 1 is 0.458 bits per heavy atom. The van der Waals surface area contributed by atoms with E-state index in [-0.39, 0.29) is 0 Å². The minimum atomic E-state index is 1.02. The van der Waals surface area contributed by atoms with Crippen LogP contribution < -0.4 is 0 Å². The topological polar surface area (TPSA) is 0 Å². The summed E-state index contributed by atoms with van der Waals surface area (Å²) >= 11 is 0.